The van der Waals surface area contributed by atoms with Crippen LogP contribution in [0.2, 0.25) is 0 Å². The van der Waals surface area contributed by atoms with Crippen LogP contribution in [0.25, 0.3) is 0 Å². The number of carboxylic acid groups (broad SMARTS) is 1. The Hall–Kier alpha value is -2.65. The molecule has 0 unspecified atom stereocenters. The number of para-hydroxylation sites is 2. The van der Waals surface area contributed by atoms with Gasteiger partial charge in [0, 0.05) is 12.5 Å². The zero-order valence-electron chi connectivity index (χ0n) is 19.1. The normalized spacial score (nSPS) is 18.7. The number of carboxylic acids is 1. The van der Waals surface area contributed by atoms with Crippen LogP contribution in [0.3, 0.4) is 0 Å². The van der Waals surface area contributed by atoms with Crippen LogP contribution in [0.15, 0.2) is 24.3 Å². The zero-order valence-corrected chi connectivity index (χ0v) is 19.1. The second-order valence-electron chi connectivity index (χ2n) is 9.06. The van der Waals surface area contributed by atoms with Crippen LogP contribution in [0, 0.1) is 11.3 Å². The summed E-state index contributed by atoms with van der Waals surface area (Å²) in [5.41, 5.74) is 6.02. The molecule has 1 aromatic rings. The van der Waals surface area contributed by atoms with Gasteiger partial charge in [-0.1, -0.05) is 32.9 Å². The topological polar surface area (TPSA) is 139 Å². The maximum atomic E-state index is 13.4. The van der Waals surface area contributed by atoms with Crippen molar-refractivity contribution in [1.29, 1.82) is 0 Å². The fourth-order valence-corrected chi connectivity index (χ4v) is 3.89. The number of esters is 1. The number of anilines is 1. The average Bonchev–Trinajstić information content (AvgIpc) is 2.71. The highest BCUT2D eigenvalue weighted by Crippen LogP contribution is 2.37. The molecule has 0 saturated carbocycles. The SMILES string of the molecule is CCOC(=O)[C@H]1COc2ccccc2N1C(=O)CC(C)(C)C[C@H](N)[C@@H](O)C[C@@H](C)C(=O)O. The summed E-state index contributed by atoms with van der Waals surface area (Å²) in [7, 11) is 0. The Morgan fingerprint density at radius 3 is 2.59 bits per heavy atom. The first-order valence-electron chi connectivity index (χ1n) is 10.8. The number of carbonyl (C=O) groups is 3. The lowest BCUT2D eigenvalue weighted by Crippen LogP contribution is -2.53. The molecule has 178 valence electrons. The zero-order chi connectivity index (χ0) is 24.1. The Morgan fingerprint density at radius 2 is 1.97 bits per heavy atom. The van der Waals surface area contributed by atoms with Crippen molar-refractivity contribution in [1.82, 2.24) is 0 Å². The van der Waals surface area contributed by atoms with E-state index in [4.69, 9.17) is 20.3 Å². The van der Waals surface area contributed by atoms with Crippen molar-refractivity contribution in [3.63, 3.8) is 0 Å². The fourth-order valence-electron chi connectivity index (χ4n) is 3.89. The maximum absolute atomic E-state index is 13.4. The van der Waals surface area contributed by atoms with Crippen molar-refractivity contribution < 1.29 is 34.1 Å². The molecule has 4 N–H and O–H groups in total. The van der Waals surface area contributed by atoms with E-state index in [1.165, 1.54) is 11.8 Å². The van der Waals surface area contributed by atoms with Crippen molar-refractivity contribution in [2.75, 3.05) is 18.1 Å². The van der Waals surface area contributed by atoms with E-state index in [0.29, 0.717) is 17.9 Å². The van der Waals surface area contributed by atoms with E-state index in [2.05, 4.69) is 0 Å². The van der Waals surface area contributed by atoms with Crippen LogP contribution in [0.1, 0.15) is 47.0 Å². The van der Waals surface area contributed by atoms with Crippen LogP contribution in [0.4, 0.5) is 5.69 Å². The van der Waals surface area contributed by atoms with Gasteiger partial charge in [-0.2, -0.15) is 0 Å². The van der Waals surface area contributed by atoms with Gasteiger partial charge in [-0.05, 0) is 37.3 Å². The third-order valence-electron chi connectivity index (χ3n) is 5.59. The van der Waals surface area contributed by atoms with Gasteiger partial charge in [0.2, 0.25) is 5.91 Å². The lowest BCUT2D eigenvalue weighted by molar-refractivity contribution is -0.147. The molecule has 2 rings (SSSR count). The van der Waals surface area contributed by atoms with Crippen LogP contribution >= 0.6 is 0 Å². The van der Waals surface area contributed by atoms with Gasteiger partial charge in [-0.15, -0.1) is 0 Å². The minimum Gasteiger partial charge on any atom is -0.489 e. The summed E-state index contributed by atoms with van der Waals surface area (Å²) in [6, 6.07) is 5.40. The van der Waals surface area contributed by atoms with Crippen molar-refractivity contribution in [3.05, 3.63) is 24.3 Å². The Balaban J connectivity index is 2.16. The molecule has 0 saturated heterocycles. The molecule has 9 nitrogen and oxygen atoms in total. The average molecular weight is 451 g/mol. The number of fused-ring (bicyclic) bond motifs is 1. The highest BCUT2D eigenvalue weighted by Gasteiger charge is 2.40. The number of amides is 1. The lowest BCUT2D eigenvalue weighted by atomic mass is 9.80. The molecule has 1 aromatic carbocycles. The molecule has 0 bridgehead atoms. The quantitative estimate of drug-likeness (QED) is 0.460. The molecule has 0 aromatic heterocycles. The molecule has 0 spiro atoms. The smallest absolute Gasteiger partial charge is 0.332 e. The Morgan fingerprint density at radius 1 is 1.31 bits per heavy atom. The number of aliphatic hydroxyl groups is 1. The number of carbonyl (C=O) groups excluding carboxylic acids is 2. The maximum Gasteiger partial charge on any atom is 0.332 e. The summed E-state index contributed by atoms with van der Waals surface area (Å²) < 4.78 is 10.8. The molecule has 1 heterocycles. The molecule has 1 aliphatic rings. The number of hydrogen-bond acceptors (Lipinski definition) is 7. The number of ether oxygens (including phenoxy) is 2. The summed E-state index contributed by atoms with van der Waals surface area (Å²) in [6.45, 7) is 7.09. The number of rotatable bonds is 10. The van der Waals surface area contributed by atoms with Crippen molar-refractivity contribution in [3.8, 4) is 5.75 Å². The van der Waals surface area contributed by atoms with E-state index in [9.17, 15) is 19.5 Å². The highest BCUT2D eigenvalue weighted by atomic mass is 16.5. The van der Waals surface area contributed by atoms with Gasteiger partial charge in [-0.25, -0.2) is 4.79 Å². The second-order valence-corrected chi connectivity index (χ2v) is 9.06. The summed E-state index contributed by atoms with van der Waals surface area (Å²) in [4.78, 5) is 38.4. The minimum atomic E-state index is -1.01. The Labute approximate surface area is 188 Å². The van der Waals surface area contributed by atoms with Crippen LogP contribution in [-0.2, 0) is 19.1 Å². The molecular weight excluding hydrogens is 416 g/mol. The minimum absolute atomic E-state index is 0.00663. The first kappa shape index (κ1) is 25.6. The van der Waals surface area contributed by atoms with Crippen LogP contribution < -0.4 is 15.4 Å². The second kappa shape index (κ2) is 10.8. The Bertz CT molecular complexity index is 826. The first-order chi connectivity index (χ1) is 15.0. The Kier molecular flexibility index (Phi) is 8.63. The summed E-state index contributed by atoms with van der Waals surface area (Å²) in [5, 5.41) is 19.4. The molecule has 4 atom stereocenters. The number of nitrogens with zero attached hydrogens (tertiary/aromatic N) is 1. The third-order valence-corrected chi connectivity index (χ3v) is 5.59. The van der Waals surface area contributed by atoms with E-state index >= 15 is 0 Å². The molecular formula is C23H34N2O7. The first-order valence-corrected chi connectivity index (χ1v) is 10.8. The molecule has 0 radical (unpaired) electrons. The standard InChI is InChI=1S/C23H34N2O7/c1-5-31-22(30)17-13-32-19-9-7-6-8-16(19)25(17)20(27)12-23(3,4)11-15(24)18(26)10-14(2)21(28)29/h6-9,14-15,17-18,26H,5,10-13,24H2,1-4H3,(H,28,29)/t14-,15+,17-,18+/m1/s1. The van der Waals surface area contributed by atoms with Gasteiger partial charge >= 0.3 is 11.9 Å². The number of aliphatic hydroxyl groups excluding tert-OH is 1. The van der Waals surface area contributed by atoms with Crippen molar-refractivity contribution >= 4 is 23.5 Å². The number of benzene rings is 1. The van der Waals surface area contributed by atoms with E-state index < -0.39 is 41.5 Å². The molecule has 32 heavy (non-hydrogen) atoms. The van der Waals surface area contributed by atoms with E-state index in [0.717, 1.165) is 0 Å². The number of hydrogen-bond donors (Lipinski definition) is 3. The monoisotopic (exact) mass is 450 g/mol. The molecule has 1 amide bonds. The van der Waals surface area contributed by atoms with Gasteiger partial charge in [0.15, 0.2) is 6.04 Å². The van der Waals surface area contributed by atoms with Gasteiger partial charge in [0.05, 0.1) is 24.3 Å². The van der Waals surface area contributed by atoms with Crippen molar-refractivity contribution in [2.24, 2.45) is 17.1 Å². The molecule has 0 aliphatic carbocycles. The highest BCUT2D eigenvalue weighted by molar-refractivity contribution is 6.01. The number of aliphatic carboxylic acids is 1. The van der Waals surface area contributed by atoms with E-state index in [1.54, 1.807) is 31.2 Å². The fraction of sp³-hybridized carbons (Fsp3) is 0.609. The lowest BCUT2D eigenvalue weighted by Gasteiger charge is -2.38. The summed E-state index contributed by atoms with van der Waals surface area (Å²) in [5.74, 6) is -2.04. The third kappa shape index (κ3) is 6.43. The summed E-state index contributed by atoms with van der Waals surface area (Å²) >= 11 is 0. The van der Waals surface area contributed by atoms with Gasteiger partial charge in [-0.3, -0.25) is 14.5 Å². The molecule has 1 aliphatic heterocycles. The van der Waals surface area contributed by atoms with E-state index in [-0.39, 0.29) is 32.0 Å². The van der Waals surface area contributed by atoms with Crippen molar-refractivity contribution in [2.45, 2.75) is 65.1 Å². The molecule has 9 heteroatoms. The largest absolute Gasteiger partial charge is 0.489 e. The molecule has 0 fully saturated rings. The van der Waals surface area contributed by atoms with E-state index in [1.807, 2.05) is 13.8 Å². The van der Waals surface area contributed by atoms with Gasteiger partial charge in [0.1, 0.15) is 12.4 Å². The number of nitrogens with two attached hydrogens (primary N) is 1. The van der Waals surface area contributed by atoms with Crippen LogP contribution in [0.5, 0.6) is 5.75 Å². The predicted molar refractivity (Wildman–Crippen MR) is 118 cm³/mol. The van der Waals surface area contributed by atoms with Gasteiger partial charge in [0.25, 0.3) is 0 Å². The van der Waals surface area contributed by atoms with Crippen LogP contribution in [-0.4, -0.2) is 59.5 Å². The van der Waals surface area contributed by atoms with Gasteiger partial charge < -0.3 is 25.4 Å². The predicted octanol–water partition coefficient (Wildman–Crippen LogP) is 1.95. The summed E-state index contributed by atoms with van der Waals surface area (Å²) in [6.07, 6.45) is -0.622.